The second kappa shape index (κ2) is 5.68. The first-order valence-corrected chi connectivity index (χ1v) is 7.37. The summed E-state index contributed by atoms with van der Waals surface area (Å²) in [6.45, 7) is 2.28. The van der Waals surface area contributed by atoms with E-state index in [1.54, 1.807) is 0 Å². The molecule has 2 heterocycles. The third-order valence-electron chi connectivity index (χ3n) is 3.08. The van der Waals surface area contributed by atoms with Gasteiger partial charge in [0.2, 0.25) is 10.0 Å². The molecule has 19 heavy (non-hydrogen) atoms. The number of H-pyrrole nitrogens is 1. The molecule has 0 bridgehead atoms. The Bertz CT molecular complexity index is 520. The maximum absolute atomic E-state index is 12.2. The van der Waals surface area contributed by atoms with Gasteiger partial charge in [0.1, 0.15) is 4.90 Å². The van der Waals surface area contributed by atoms with Crippen LogP contribution >= 0.6 is 0 Å². The third-order valence-corrected chi connectivity index (χ3v) is 4.95. The van der Waals surface area contributed by atoms with Gasteiger partial charge < -0.3 is 10.0 Å². The van der Waals surface area contributed by atoms with E-state index >= 15 is 0 Å². The van der Waals surface area contributed by atoms with Crippen molar-refractivity contribution in [3.05, 3.63) is 12.4 Å². The number of nitrogens with one attached hydrogen (secondary N) is 1. The lowest BCUT2D eigenvalue weighted by atomic mass is 10.3. The van der Waals surface area contributed by atoms with E-state index in [9.17, 15) is 13.2 Å². The van der Waals surface area contributed by atoms with E-state index in [-0.39, 0.29) is 11.3 Å². The van der Waals surface area contributed by atoms with E-state index in [4.69, 9.17) is 5.11 Å². The molecule has 1 aliphatic rings. The molecule has 0 spiro atoms. The quantitative estimate of drug-likeness (QED) is 0.734. The number of rotatable bonds is 5. The summed E-state index contributed by atoms with van der Waals surface area (Å²) in [5, 5.41) is 14.7. The molecular weight excluding hydrogens is 272 g/mol. The first-order valence-electron chi connectivity index (χ1n) is 5.93. The molecule has 0 amide bonds. The van der Waals surface area contributed by atoms with Crippen LogP contribution in [-0.2, 0) is 14.8 Å². The summed E-state index contributed by atoms with van der Waals surface area (Å²) in [5.74, 6) is -0.839. The minimum Gasteiger partial charge on any atom is -0.481 e. The number of aliphatic carboxylic acids is 1. The highest BCUT2D eigenvalue weighted by atomic mass is 32.2. The zero-order valence-corrected chi connectivity index (χ0v) is 11.1. The molecule has 1 aliphatic heterocycles. The molecular formula is C10H16N4O4S. The molecule has 1 aromatic heterocycles. The van der Waals surface area contributed by atoms with Crippen LogP contribution in [0.4, 0.5) is 0 Å². The molecule has 2 rings (SSSR count). The molecule has 0 unspecified atom stereocenters. The number of nitrogens with zero attached hydrogens (tertiary/aromatic N) is 3. The van der Waals surface area contributed by atoms with Gasteiger partial charge in [-0.25, -0.2) is 8.42 Å². The lowest BCUT2D eigenvalue weighted by molar-refractivity contribution is -0.137. The zero-order chi connectivity index (χ0) is 13.9. The SMILES string of the molecule is O=C(O)CCN1CCN(S(=O)(=O)c2cn[nH]c2)CC1. The minimum absolute atomic E-state index is 0.0779. The van der Waals surface area contributed by atoms with Crippen molar-refractivity contribution in [1.82, 2.24) is 19.4 Å². The van der Waals surface area contributed by atoms with Crippen LogP contribution in [0.25, 0.3) is 0 Å². The van der Waals surface area contributed by atoms with Crippen LogP contribution in [0.3, 0.4) is 0 Å². The van der Waals surface area contributed by atoms with E-state index in [2.05, 4.69) is 10.2 Å². The first kappa shape index (κ1) is 14.0. The number of sulfonamides is 1. The third kappa shape index (κ3) is 3.31. The largest absolute Gasteiger partial charge is 0.481 e. The zero-order valence-electron chi connectivity index (χ0n) is 10.3. The Balaban J connectivity index is 1.91. The molecule has 1 aromatic rings. The van der Waals surface area contributed by atoms with Crippen molar-refractivity contribution in [3.8, 4) is 0 Å². The number of carbonyl (C=O) groups is 1. The van der Waals surface area contributed by atoms with Crippen LogP contribution in [0, 0.1) is 0 Å². The molecule has 0 radical (unpaired) electrons. The van der Waals surface area contributed by atoms with Crippen molar-refractivity contribution in [2.45, 2.75) is 11.3 Å². The Hall–Kier alpha value is -1.45. The average Bonchev–Trinajstić information content (AvgIpc) is 2.91. The highest BCUT2D eigenvalue weighted by molar-refractivity contribution is 7.89. The van der Waals surface area contributed by atoms with Crippen LogP contribution < -0.4 is 0 Å². The molecule has 8 nitrogen and oxygen atoms in total. The van der Waals surface area contributed by atoms with Gasteiger partial charge >= 0.3 is 5.97 Å². The average molecular weight is 288 g/mol. The van der Waals surface area contributed by atoms with E-state index in [0.717, 1.165) is 0 Å². The molecule has 9 heteroatoms. The summed E-state index contributed by atoms with van der Waals surface area (Å²) >= 11 is 0. The van der Waals surface area contributed by atoms with E-state index < -0.39 is 16.0 Å². The Labute approximate surface area is 111 Å². The van der Waals surface area contributed by atoms with Crippen molar-refractivity contribution < 1.29 is 18.3 Å². The number of carboxylic acid groups (broad SMARTS) is 1. The maximum Gasteiger partial charge on any atom is 0.304 e. The number of piperazine rings is 1. The van der Waals surface area contributed by atoms with Gasteiger partial charge in [-0.3, -0.25) is 9.89 Å². The van der Waals surface area contributed by atoms with E-state index in [0.29, 0.717) is 32.7 Å². The van der Waals surface area contributed by atoms with Crippen molar-refractivity contribution in [3.63, 3.8) is 0 Å². The molecule has 1 fully saturated rings. The molecule has 0 atom stereocenters. The first-order chi connectivity index (χ1) is 9.00. The van der Waals surface area contributed by atoms with Gasteiger partial charge in [0.15, 0.2) is 0 Å². The monoisotopic (exact) mass is 288 g/mol. The highest BCUT2D eigenvalue weighted by Crippen LogP contribution is 2.15. The van der Waals surface area contributed by atoms with E-state index in [1.165, 1.54) is 16.7 Å². The second-order valence-corrected chi connectivity index (χ2v) is 6.26. The Morgan fingerprint density at radius 3 is 2.58 bits per heavy atom. The number of aromatic amines is 1. The second-order valence-electron chi connectivity index (χ2n) is 4.32. The minimum atomic E-state index is -3.48. The summed E-state index contributed by atoms with van der Waals surface area (Å²) in [7, 11) is -3.48. The van der Waals surface area contributed by atoms with Crippen LogP contribution in [0.2, 0.25) is 0 Å². The van der Waals surface area contributed by atoms with Crippen LogP contribution in [0.15, 0.2) is 17.3 Å². The van der Waals surface area contributed by atoms with Gasteiger partial charge in [0.25, 0.3) is 0 Å². The summed E-state index contributed by atoms with van der Waals surface area (Å²) in [5.41, 5.74) is 0. The van der Waals surface area contributed by atoms with Crippen molar-refractivity contribution in [1.29, 1.82) is 0 Å². The van der Waals surface area contributed by atoms with Gasteiger partial charge in [-0.2, -0.15) is 9.40 Å². The lowest BCUT2D eigenvalue weighted by Crippen LogP contribution is -2.48. The van der Waals surface area contributed by atoms with Crippen LogP contribution in [0.1, 0.15) is 6.42 Å². The fourth-order valence-electron chi connectivity index (χ4n) is 1.98. The fourth-order valence-corrected chi connectivity index (χ4v) is 3.31. The summed E-state index contributed by atoms with van der Waals surface area (Å²) in [6.07, 6.45) is 2.72. The fraction of sp³-hybridized carbons (Fsp3) is 0.600. The summed E-state index contributed by atoms with van der Waals surface area (Å²) < 4.78 is 25.7. The van der Waals surface area contributed by atoms with Crippen molar-refractivity contribution in [2.75, 3.05) is 32.7 Å². The number of hydrogen-bond donors (Lipinski definition) is 2. The number of hydrogen-bond acceptors (Lipinski definition) is 5. The Morgan fingerprint density at radius 1 is 1.37 bits per heavy atom. The molecule has 1 saturated heterocycles. The van der Waals surface area contributed by atoms with Gasteiger partial charge in [0.05, 0.1) is 12.6 Å². The summed E-state index contributed by atoms with van der Waals surface area (Å²) in [4.78, 5) is 12.6. The smallest absolute Gasteiger partial charge is 0.304 e. The Kier molecular flexibility index (Phi) is 4.17. The molecule has 0 aromatic carbocycles. The molecule has 0 saturated carbocycles. The predicted octanol–water partition coefficient (Wildman–Crippen LogP) is -0.809. The molecule has 0 aliphatic carbocycles. The van der Waals surface area contributed by atoms with Gasteiger partial charge in [-0.1, -0.05) is 0 Å². The number of aromatic nitrogens is 2. The topological polar surface area (TPSA) is 107 Å². The number of carboxylic acids is 1. The predicted molar refractivity (Wildman–Crippen MR) is 66.0 cm³/mol. The van der Waals surface area contributed by atoms with Crippen molar-refractivity contribution >= 4 is 16.0 Å². The maximum atomic E-state index is 12.2. The summed E-state index contributed by atoms with van der Waals surface area (Å²) in [6, 6.07) is 0. The normalized spacial score (nSPS) is 18.5. The lowest BCUT2D eigenvalue weighted by Gasteiger charge is -2.33. The highest BCUT2D eigenvalue weighted by Gasteiger charge is 2.28. The molecule has 2 N–H and O–H groups in total. The Morgan fingerprint density at radius 2 is 2.05 bits per heavy atom. The standard InChI is InChI=1S/C10H16N4O4S/c15-10(16)1-2-13-3-5-14(6-4-13)19(17,18)9-7-11-12-8-9/h7-8H,1-6H2,(H,11,12)(H,15,16). The van der Waals surface area contributed by atoms with Gasteiger partial charge in [-0.05, 0) is 0 Å². The van der Waals surface area contributed by atoms with Crippen molar-refractivity contribution in [2.24, 2.45) is 0 Å². The molecule has 106 valence electrons. The van der Waals surface area contributed by atoms with Gasteiger partial charge in [0, 0.05) is 38.9 Å². The van der Waals surface area contributed by atoms with Crippen LogP contribution in [0.5, 0.6) is 0 Å². The van der Waals surface area contributed by atoms with Gasteiger partial charge in [-0.15, -0.1) is 0 Å². The van der Waals surface area contributed by atoms with E-state index in [1.807, 2.05) is 4.90 Å². The van der Waals surface area contributed by atoms with Crippen LogP contribution in [-0.4, -0.2) is 71.6 Å².